The summed E-state index contributed by atoms with van der Waals surface area (Å²) in [5, 5.41) is 11.5. The lowest BCUT2D eigenvalue weighted by atomic mass is 10.1. The second kappa shape index (κ2) is 7.07. The largest absolute Gasteiger partial charge is 0.322 e. The molecule has 0 bridgehead atoms. The molecule has 2 aliphatic carbocycles. The minimum Gasteiger partial charge on any atom is -0.322 e. The molecule has 0 aliphatic heterocycles. The number of rotatable bonds is 7. The van der Waals surface area contributed by atoms with Crippen LogP contribution in [0.3, 0.4) is 0 Å². The van der Waals surface area contributed by atoms with Crippen molar-refractivity contribution in [3.63, 3.8) is 0 Å². The molecular formula is C20H23N3O3S. The molecule has 2 saturated carbocycles. The zero-order chi connectivity index (χ0) is 19.0. The highest BCUT2D eigenvalue weighted by Crippen LogP contribution is 2.41. The molecule has 0 spiro atoms. The van der Waals surface area contributed by atoms with Crippen molar-refractivity contribution in [3.05, 3.63) is 59.7 Å². The summed E-state index contributed by atoms with van der Waals surface area (Å²) in [6.07, 6.45) is 3.90. The van der Waals surface area contributed by atoms with Crippen LogP contribution in [0.25, 0.3) is 0 Å². The number of benzene rings is 2. The molecule has 6 nitrogen and oxygen atoms in total. The number of primary sulfonamides is 1. The molecule has 4 N–H and O–H groups in total. The van der Waals surface area contributed by atoms with Crippen LogP contribution in [-0.4, -0.2) is 26.9 Å². The molecule has 7 heteroatoms. The molecule has 0 heterocycles. The minimum atomic E-state index is -3.76. The Balaban J connectivity index is 1.33. The molecule has 2 aromatic carbocycles. The van der Waals surface area contributed by atoms with Crippen LogP contribution in [0.4, 0.5) is 5.69 Å². The van der Waals surface area contributed by atoms with E-state index >= 15 is 0 Å². The first-order chi connectivity index (χ1) is 12.9. The molecule has 4 rings (SSSR count). The maximum absolute atomic E-state index is 12.3. The Morgan fingerprint density at radius 3 is 2.30 bits per heavy atom. The Bertz CT molecular complexity index is 935. The van der Waals surface area contributed by atoms with E-state index < -0.39 is 10.0 Å². The van der Waals surface area contributed by atoms with Crippen molar-refractivity contribution in [2.75, 3.05) is 11.9 Å². The van der Waals surface area contributed by atoms with Gasteiger partial charge in [0.2, 0.25) is 10.0 Å². The highest BCUT2D eigenvalue weighted by Gasteiger charge is 2.38. The van der Waals surface area contributed by atoms with Crippen LogP contribution in [0.15, 0.2) is 53.4 Å². The molecule has 2 aromatic rings. The van der Waals surface area contributed by atoms with Crippen molar-refractivity contribution >= 4 is 21.6 Å². The summed E-state index contributed by atoms with van der Waals surface area (Å²) in [6.45, 7) is 1.14. The van der Waals surface area contributed by atoms with Crippen molar-refractivity contribution in [3.8, 4) is 0 Å². The number of carbonyl (C=O) groups is 1. The van der Waals surface area contributed by atoms with Gasteiger partial charge in [-0.1, -0.05) is 12.1 Å². The molecule has 2 fully saturated rings. The highest BCUT2D eigenvalue weighted by molar-refractivity contribution is 7.89. The summed E-state index contributed by atoms with van der Waals surface area (Å²) in [6, 6.07) is 14.1. The van der Waals surface area contributed by atoms with Gasteiger partial charge >= 0.3 is 0 Å². The molecule has 0 saturated heterocycles. The fourth-order valence-electron chi connectivity index (χ4n) is 3.24. The smallest absolute Gasteiger partial charge is 0.255 e. The zero-order valence-corrected chi connectivity index (χ0v) is 15.7. The monoisotopic (exact) mass is 385 g/mol. The highest BCUT2D eigenvalue weighted by atomic mass is 32.2. The number of hydrogen-bond donors (Lipinski definition) is 3. The van der Waals surface area contributed by atoms with Crippen LogP contribution in [0.1, 0.15) is 41.1 Å². The first-order valence-electron chi connectivity index (χ1n) is 9.18. The van der Waals surface area contributed by atoms with E-state index in [2.05, 4.69) is 22.8 Å². The molecule has 2 unspecified atom stereocenters. The predicted octanol–water partition coefficient (Wildman–Crippen LogP) is 2.44. The molecular weight excluding hydrogens is 362 g/mol. The van der Waals surface area contributed by atoms with Crippen LogP contribution in [0, 0.1) is 5.92 Å². The van der Waals surface area contributed by atoms with Gasteiger partial charge in [-0.05, 0) is 73.7 Å². The Labute approximate surface area is 159 Å². The van der Waals surface area contributed by atoms with E-state index in [-0.39, 0.29) is 10.8 Å². The summed E-state index contributed by atoms with van der Waals surface area (Å²) >= 11 is 0. The molecule has 0 radical (unpaired) electrons. The molecule has 2 atom stereocenters. The third-order valence-corrected chi connectivity index (χ3v) is 6.13. The van der Waals surface area contributed by atoms with Crippen LogP contribution in [-0.2, 0) is 10.0 Å². The van der Waals surface area contributed by atoms with E-state index in [0.717, 1.165) is 12.5 Å². The Hall–Kier alpha value is -2.22. The van der Waals surface area contributed by atoms with Gasteiger partial charge in [0.15, 0.2) is 0 Å². The van der Waals surface area contributed by atoms with Gasteiger partial charge in [-0.2, -0.15) is 0 Å². The van der Waals surface area contributed by atoms with Crippen molar-refractivity contribution in [2.45, 2.75) is 36.1 Å². The molecule has 0 aromatic heterocycles. The average Bonchev–Trinajstić information content (AvgIpc) is 3.54. The van der Waals surface area contributed by atoms with E-state index in [9.17, 15) is 13.2 Å². The van der Waals surface area contributed by atoms with Crippen LogP contribution in [0.5, 0.6) is 0 Å². The lowest BCUT2D eigenvalue weighted by Gasteiger charge is -2.08. The number of sulfonamides is 1. The standard InChI is InChI=1S/C20H23N3O3S/c21-27(25,26)17-9-5-15(6-10-17)20(24)23-16-7-3-14(4-8-16)18-11-19(18)22-12-13-1-2-13/h3-10,13,18-19,22H,1-2,11-12H2,(H,23,24)(H2,21,25,26). The number of anilines is 1. The van der Waals surface area contributed by atoms with Crippen molar-refractivity contribution in [1.29, 1.82) is 0 Å². The first-order valence-corrected chi connectivity index (χ1v) is 10.7. The van der Waals surface area contributed by atoms with E-state index in [1.54, 1.807) is 0 Å². The third-order valence-electron chi connectivity index (χ3n) is 5.20. The Morgan fingerprint density at radius 2 is 1.70 bits per heavy atom. The summed E-state index contributed by atoms with van der Waals surface area (Å²) in [5.74, 6) is 1.17. The summed E-state index contributed by atoms with van der Waals surface area (Å²) in [4.78, 5) is 12.3. The van der Waals surface area contributed by atoms with Crippen LogP contribution in [0.2, 0.25) is 0 Å². The summed E-state index contributed by atoms with van der Waals surface area (Å²) < 4.78 is 22.5. The molecule has 27 heavy (non-hydrogen) atoms. The number of nitrogens with two attached hydrogens (primary N) is 1. The average molecular weight is 385 g/mol. The quantitative estimate of drug-likeness (QED) is 0.681. The maximum Gasteiger partial charge on any atom is 0.255 e. The fraction of sp³-hybridized carbons (Fsp3) is 0.350. The van der Waals surface area contributed by atoms with E-state index in [1.165, 1.54) is 49.1 Å². The maximum atomic E-state index is 12.3. The van der Waals surface area contributed by atoms with Gasteiger partial charge < -0.3 is 10.6 Å². The van der Waals surface area contributed by atoms with Crippen molar-refractivity contribution in [1.82, 2.24) is 5.32 Å². The van der Waals surface area contributed by atoms with Gasteiger partial charge in [0.25, 0.3) is 5.91 Å². The van der Waals surface area contributed by atoms with Gasteiger partial charge in [0.1, 0.15) is 0 Å². The summed E-state index contributed by atoms with van der Waals surface area (Å²) in [7, 11) is -3.76. The summed E-state index contributed by atoms with van der Waals surface area (Å²) in [5.41, 5.74) is 2.37. The second-order valence-corrected chi connectivity index (χ2v) is 9.01. The van der Waals surface area contributed by atoms with Gasteiger partial charge in [-0.3, -0.25) is 4.79 Å². The lowest BCUT2D eigenvalue weighted by molar-refractivity contribution is 0.102. The topological polar surface area (TPSA) is 101 Å². The Kier molecular flexibility index (Phi) is 4.75. The van der Waals surface area contributed by atoms with Crippen molar-refractivity contribution in [2.24, 2.45) is 11.1 Å². The third kappa shape index (κ3) is 4.55. The molecule has 2 aliphatic rings. The first kappa shape index (κ1) is 18.2. The number of hydrogen-bond acceptors (Lipinski definition) is 4. The van der Waals surface area contributed by atoms with E-state index in [4.69, 9.17) is 5.14 Å². The zero-order valence-electron chi connectivity index (χ0n) is 14.9. The van der Waals surface area contributed by atoms with Crippen molar-refractivity contribution < 1.29 is 13.2 Å². The number of carbonyl (C=O) groups excluding carboxylic acids is 1. The van der Waals surface area contributed by atoms with Gasteiger partial charge in [-0.15, -0.1) is 0 Å². The number of amides is 1. The Morgan fingerprint density at radius 1 is 1.04 bits per heavy atom. The predicted molar refractivity (Wildman–Crippen MR) is 104 cm³/mol. The molecule has 142 valence electrons. The van der Waals surface area contributed by atoms with E-state index in [1.807, 2.05) is 12.1 Å². The van der Waals surface area contributed by atoms with Gasteiger partial charge in [-0.25, -0.2) is 13.6 Å². The fourth-order valence-corrected chi connectivity index (χ4v) is 3.76. The minimum absolute atomic E-state index is 0.0160. The van der Waals surface area contributed by atoms with Crippen LogP contribution < -0.4 is 15.8 Å². The van der Waals surface area contributed by atoms with Crippen LogP contribution >= 0.6 is 0 Å². The number of nitrogens with one attached hydrogen (secondary N) is 2. The normalized spacial score (nSPS) is 21.7. The van der Waals surface area contributed by atoms with E-state index in [0.29, 0.717) is 23.2 Å². The molecule has 1 amide bonds. The van der Waals surface area contributed by atoms with Gasteiger partial charge in [0, 0.05) is 23.2 Å². The SMILES string of the molecule is NS(=O)(=O)c1ccc(C(=O)Nc2ccc(C3CC3NCC3CC3)cc2)cc1. The van der Waals surface area contributed by atoms with Gasteiger partial charge in [0.05, 0.1) is 4.90 Å². The second-order valence-electron chi connectivity index (χ2n) is 7.45. The lowest BCUT2D eigenvalue weighted by Crippen LogP contribution is -2.20.